The molecule has 0 aliphatic carbocycles. The number of anilines is 2. The third-order valence-electron chi connectivity index (χ3n) is 8.45. The van der Waals surface area contributed by atoms with E-state index in [4.69, 9.17) is 14.2 Å². The molecule has 2 aromatic carbocycles. The highest BCUT2D eigenvalue weighted by atomic mass is 32.2. The number of urea groups is 1. The van der Waals surface area contributed by atoms with Gasteiger partial charge < -0.3 is 39.4 Å². The van der Waals surface area contributed by atoms with Crippen LogP contribution in [0.2, 0.25) is 0 Å². The lowest BCUT2D eigenvalue weighted by Crippen LogP contribution is -2.48. The van der Waals surface area contributed by atoms with Gasteiger partial charge in [-0.1, -0.05) is 6.92 Å². The fourth-order valence-corrected chi connectivity index (χ4v) is 6.61. The molecule has 0 spiro atoms. The van der Waals surface area contributed by atoms with Crippen LogP contribution in [0.1, 0.15) is 50.4 Å². The van der Waals surface area contributed by atoms with Gasteiger partial charge in [-0.3, -0.25) is 4.79 Å². The van der Waals surface area contributed by atoms with E-state index in [9.17, 15) is 23.1 Å². The fourth-order valence-electron chi connectivity index (χ4n) is 5.46. The van der Waals surface area contributed by atoms with Crippen LogP contribution in [0.25, 0.3) is 0 Å². The summed E-state index contributed by atoms with van der Waals surface area (Å²) in [5.74, 6) is 0.245. The minimum absolute atomic E-state index is 0.0308. The van der Waals surface area contributed by atoms with E-state index in [-0.39, 0.29) is 42.3 Å². The quantitative estimate of drug-likeness (QED) is 0.297. The maximum atomic E-state index is 14.4. The number of carbonyl (C=O) groups is 2. The number of hydrogen-bond acceptors (Lipinski definition) is 9. The normalized spacial score (nSPS) is 20.1. The zero-order valence-corrected chi connectivity index (χ0v) is 29.8. The molecule has 3 N–H and O–H groups in total. The monoisotopic (exact) mass is 700 g/mol. The van der Waals surface area contributed by atoms with Crippen LogP contribution >= 0.6 is 0 Å². The number of amides is 3. The number of ether oxygens (including phenoxy) is 3. The summed E-state index contributed by atoms with van der Waals surface area (Å²) in [6.07, 6.45) is 4.26. The van der Waals surface area contributed by atoms with Gasteiger partial charge in [-0.15, -0.1) is 0 Å². The van der Waals surface area contributed by atoms with Crippen molar-refractivity contribution in [3.05, 3.63) is 60.6 Å². The summed E-state index contributed by atoms with van der Waals surface area (Å²) >= 11 is 0. The highest BCUT2D eigenvalue weighted by molar-refractivity contribution is 7.89. The SMILES string of the molecule is COc1ccc(NC(=O)Nc2ccc3c(c2)C(=O)N([C@@H](C)CO)C[C@@H](C)[C@@H](CN(C)S(=O)(=O)c2cn(C)cn2)OCCCC[C@H](C)O3)cc1. The van der Waals surface area contributed by atoms with Crippen molar-refractivity contribution in [2.24, 2.45) is 13.0 Å². The van der Waals surface area contributed by atoms with Gasteiger partial charge in [0, 0.05) is 57.3 Å². The van der Waals surface area contributed by atoms with Crippen LogP contribution in [-0.2, 0) is 21.8 Å². The maximum Gasteiger partial charge on any atom is 0.323 e. The van der Waals surface area contributed by atoms with Gasteiger partial charge in [-0.2, -0.15) is 4.31 Å². The minimum atomic E-state index is -3.89. The van der Waals surface area contributed by atoms with E-state index < -0.39 is 34.1 Å². The fraction of sp³-hybridized carbons (Fsp3) is 0.500. The van der Waals surface area contributed by atoms with Gasteiger partial charge in [0.15, 0.2) is 5.03 Å². The van der Waals surface area contributed by atoms with Gasteiger partial charge in [0.2, 0.25) is 0 Å². The van der Waals surface area contributed by atoms with Gasteiger partial charge in [-0.25, -0.2) is 18.2 Å². The Hall–Kier alpha value is -4.18. The second kappa shape index (κ2) is 17.0. The molecule has 0 unspecified atom stereocenters. The molecule has 268 valence electrons. The molecule has 0 saturated carbocycles. The standard InChI is InChI=1S/C34H48N6O8S/c1-23-18-40(24(2)21-41)33(42)29-17-27(37-34(43)36-26-10-13-28(46-6)14-11-26)12-15-30(29)48-25(3)9-7-8-16-47-31(23)19-39(5)49(44,45)32-20-38(4)22-35-32/h10-15,17,20,22-25,31,41H,7-9,16,18-19,21H2,1-6H3,(H2,36,37,43)/t23-,24+,25+,31-/m1/s1. The molecule has 0 bridgehead atoms. The average Bonchev–Trinajstić information content (AvgIpc) is 3.53. The van der Waals surface area contributed by atoms with Gasteiger partial charge >= 0.3 is 6.03 Å². The molecule has 2 heterocycles. The lowest BCUT2D eigenvalue weighted by atomic mass is 10.0. The highest BCUT2D eigenvalue weighted by Gasteiger charge is 2.33. The number of aliphatic hydroxyl groups is 1. The number of benzene rings is 2. The third-order valence-corrected chi connectivity index (χ3v) is 10.2. The van der Waals surface area contributed by atoms with E-state index >= 15 is 0 Å². The second-order valence-corrected chi connectivity index (χ2v) is 14.5. The molecule has 0 radical (unpaired) electrons. The number of hydrogen-bond donors (Lipinski definition) is 3. The number of aliphatic hydroxyl groups excluding tert-OH is 1. The van der Waals surface area contributed by atoms with E-state index in [1.165, 1.54) is 28.8 Å². The summed E-state index contributed by atoms with van der Waals surface area (Å²) in [4.78, 5) is 32.8. The maximum absolute atomic E-state index is 14.4. The van der Waals surface area contributed by atoms with Crippen molar-refractivity contribution < 1.29 is 37.3 Å². The number of methoxy groups -OCH3 is 1. The molecule has 49 heavy (non-hydrogen) atoms. The summed E-state index contributed by atoms with van der Waals surface area (Å²) in [6.45, 7) is 5.81. The Morgan fingerprint density at radius 3 is 2.49 bits per heavy atom. The number of sulfonamides is 1. The first kappa shape index (κ1) is 37.6. The van der Waals surface area contributed by atoms with Crippen LogP contribution < -0.4 is 20.1 Å². The minimum Gasteiger partial charge on any atom is -0.497 e. The molecule has 4 rings (SSSR count). The lowest BCUT2D eigenvalue weighted by molar-refractivity contribution is -0.00835. The molecular weight excluding hydrogens is 652 g/mol. The van der Waals surface area contributed by atoms with E-state index in [0.717, 1.165) is 12.8 Å². The molecule has 1 aliphatic heterocycles. The van der Waals surface area contributed by atoms with Crippen LogP contribution in [-0.4, -0.2) is 103 Å². The third kappa shape index (κ3) is 9.94. The molecule has 14 nitrogen and oxygen atoms in total. The number of likely N-dealkylation sites (N-methyl/N-ethyl adjacent to an activating group) is 1. The first-order chi connectivity index (χ1) is 23.3. The van der Waals surface area contributed by atoms with Crippen LogP contribution in [0.15, 0.2) is 60.0 Å². The van der Waals surface area contributed by atoms with Crippen molar-refractivity contribution in [2.45, 2.75) is 63.3 Å². The second-order valence-electron chi connectivity index (χ2n) is 12.5. The summed E-state index contributed by atoms with van der Waals surface area (Å²) in [5, 5.41) is 15.7. The summed E-state index contributed by atoms with van der Waals surface area (Å²) in [6, 6.07) is 10.6. The van der Waals surface area contributed by atoms with Crippen molar-refractivity contribution in [1.29, 1.82) is 0 Å². The molecule has 3 aromatic rings. The van der Waals surface area contributed by atoms with Crippen molar-refractivity contribution in [3.8, 4) is 11.5 Å². The number of fused-ring (bicyclic) bond motifs is 1. The number of rotatable bonds is 9. The molecular formula is C34H48N6O8S. The van der Waals surface area contributed by atoms with Crippen LogP contribution in [0.5, 0.6) is 11.5 Å². The van der Waals surface area contributed by atoms with E-state index in [1.807, 2.05) is 13.8 Å². The molecule has 4 atom stereocenters. The molecule has 15 heteroatoms. The van der Waals surface area contributed by atoms with Crippen molar-refractivity contribution in [3.63, 3.8) is 0 Å². The summed E-state index contributed by atoms with van der Waals surface area (Å²) < 4.78 is 47.1. The largest absolute Gasteiger partial charge is 0.497 e. The predicted octanol–water partition coefficient (Wildman–Crippen LogP) is 4.19. The van der Waals surface area contributed by atoms with Crippen molar-refractivity contribution >= 4 is 33.3 Å². The molecule has 0 fully saturated rings. The molecule has 1 aromatic heterocycles. The summed E-state index contributed by atoms with van der Waals surface area (Å²) in [5.41, 5.74) is 1.13. The molecule has 0 saturated heterocycles. The molecule has 1 aliphatic rings. The lowest BCUT2D eigenvalue weighted by Gasteiger charge is -2.35. The van der Waals surface area contributed by atoms with Gasteiger partial charge in [0.1, 0.15) is 11.5 Å². The Morgan fingerprint density at radius 1 is 1.14 bits per heavy atom. The Kier molecular flexibility index (Phi) is 13.0. The van der Waals surface area contributed by atoms with Crippen molar-refractivity contribution in [1.82, 2.24) is 18.8 Å². The number of nitrogens with one attached hydrogen (secondary N) is 2. The Bertz CT molecular complexity index is 1660. The number of aryl methyl sites for hydroxylation is 1. The first-order valence-electron chi connectivity index (χ1n) is 16.3. The zero-order chi connectivity index (χ0) is 35.7. The Morgan fingerprint density at radius 2 is 1.84 bits per heavy atom. The number of carbonyl (C=O) groups excluding carboxylic acids is 2. The van der Waals surface area contributed by atoms with Crippen LogP contribution in [0.4, 0.5) is 16.2 Å². The van der Waals surface area contributed by atoms with E-state index in [1.54, 1.807) is 68.1 Å². The van der Waals surface area contributed by atoms with Crippen LogP contribution in [0, 0.1) is 5.92 Å². The van der Waals surface area contributed by atoms with Crippen LogP contribution in [0.3, 0.4) is 0 Å². The Balaban J connectivity index is 1.61. The van der Waals surface area contributed by atoms with Gasteiger partial charge in [-0.05, 0) is 75.6 Å². The van der Waals surface area contributed by atoms with E-state index in [2.05, 4.69) is 15.6 Å². The smallest absolute Gasteiger partial charge is 0.323 e. The van der Waals surface area contributed by atoms with E-state index in [0.29, 0.717) is 35.9 Å². The van der Waals surface area contributed by atoms with Crippen molar-refractivity contribution in [2.75, 3.05) is 51.1 Å². The summed E-state index contributed by atoms with van der Waals surface area (Å²) in [7, 11) is 0.848. The topological polar surface area (TPSA) is 165 Å². The predicted molar refractivity (Wildman–Crippen MR) is 186 cm³/mol. The number of imidazole rings is 1. The van der Waals surface area contributed by atoms with Gasteiger partial charge in [0.25, 0.3) is 15.9 Å². The first-order valence-corrected chi connectivity index (χ1v) is 17.8. The zero-order valence-electron chi connectivity index (χ0n) is 29.0. The Labute approximate surface area is 288 Å². The molecule has 3 amide bonds. The number of aromatic nitrogens is 2. The highest BCUT2D eigenvalue weighted by Crippen LogP contribution is 2.29. The van der Waals surface area contributed by atoms with Gasteiger partial charge in [0.05, 0.1) is 43.9 Å². The average molecular weight is 701 g/mol. The number of nitrogens with zero attached hydrogens (tertiary/aromatic N) is 4.